The molecule has 3 heteroatoms. The smallest absolute Gasteiger partial charge is 0.145 e. The zero-order chi connectivity index (χ0) is 11.5. The van der Waals surface area contributed by atoms with Crippen molar-refractivity contribution in [2.75, 3.05) is 6.54 Å². The maximum absolute atomic E-state index is 13.8. The minimum Gasteiger partial charge on any atom is -0.296 e. The number of rotatable bonds is 4. The van der Waals surface area contributed by atoms with Gasteiger partial charge >= 0.3 is 0 Å². The molecule has 2 nitrogen and oxygen atoms in total. The van der Waals surface area contributed by atoms with Crippen molar-refractivity contribution in [3.05, 3.63) is 35.1 Å². The van der Waals surface area contributed by atoms with Gasteiger partial charge in [0.1, 0.15) is 11.9 Å². The zero-order valence-electron chi connectivity index (χ0n) is 9.41. The van der Waals surface area contributed by atoms with E-state index in [1.807, 2.05) is 6.07 Å². The molecule has 0 saturated heterocycles. The second-order valence-electron chi connectivity index (χ2n) is 4.18. The molecule has 1 aromatic carbocycles. The van der Waals surface area contributed by atoms with Crippen LogP contribution in [0.1, 0.15) is 30.9 Å². The van der Waals surface area contributed by atoms with Crippen molar-refractivity contribution in [1.29, 1.82) is 5.26 Å². The first kappa shape index (κ1) is 11.1. The second kappa shape index (κ2) is 4.63. The van der Waals surface area contributed by atoms with E-state index in [2.05, 4.69) is 11.8 Å². The lowest BCUT2D eigenvalue weighted by atomic mass is 10.1. The molecule has 0 aliphatic heterocycles. The zero-order valence-corrected chi connectivity index (χ0v) is 9.41. The van der Waals surface area contributed by atoms with Gasteiger partial charge in [-0.1, -0.05) is 19.1 Å². The van der Waals surface area contributed by atoms with Crippen molar-refractivity contribution in [2.24, 2.45) is 0 Å². The van der Waals surface area contributed by atoms with Gasteiger partial charge in [0.05, 0.1) is 5.56 Å². The minimum absolute atomic E-state index is 0.143. The molecule has 0 spiro atoms. The molecule has 1 saturated carbocycles. The van der Waals surface area contributed by atoms with Gasteiger partial charge in [-0.2, -0.15) is 5.26 Å². The van der Waals surface area contributed by atoms with E-state index in [1.165, 1.54) is 18.9 Å². The molecule has 16 heavy (non-hydrogen) atoms. The van der Waals surface area contributed by atoms with Gasteiger partial charge in [-0.05, 0) is 25.5 Å². The first-order valence-electron chi connectivity index (χ1n) is 5.67. The van der Waals surface area contributed by atoms with Gasteiger partial charge in [-0.15, -0.1) is 0 Å². The average Bonchev–Trinajstić information content (AvgIpc) is 3.12. The molecule has 0 N–H and O–H groups in total. The predicted octanol–water partition coefficient (Wildman–Crippen LogP) is 2.68. The molecular weight excluding hydrogens is 203 g/mol. The van der Waals surface area contributed by atoms with Gasteiger partial charge in [-0.25, -0.2) is 4.39 Å². The van der Waals surface area contributed by atoms with E-state index in [9.17, 15) is 4.39 Å². The van der Waals surface area contributed by atoms with E-state index in [1.54, 1.807) is 12.1 Å². The third kappa shape index (κ3) is 2.23. The maximum Gasteiger partial charge on any atom is 0.145 e. The highest BCUT2D eigenvalue weighted by atomic mass is 19.1. The van der Waals surface area contributed by atoms with Crippen LogP contribution in [0.3, 0.4) is 0 Å². The Morgan fingerprint density at radius 3 is 2.81 bits per heavy atom. The van der Waals surface area contributed by atoms with Crippen LogP contribution in [0.4, 0.5) is 4.39 Å². The van der Waals surface area contributed by atoms with Crippen molar-refractivity contribution >= 4 is 0 Å². The van der Waals surface area contributed by atoms with Crippen LogP contribution in [-0.4, -0.2) is 17.5 Å². The maximum atomic E-state index is 13.8. The lowest BCUT2D eigenvalue weighted by Crippen LogP contribution is -2.25. The molecule has 0 bridgehead atoms. The van der Waals surface area contributed by atoms with Crippen LogP contribution in [0.25, 0.3) is 0 Å². The first-order chi connectivity index (χ1) is 7.76. The molecule has 0 radical (unpaired) electrons. The molecule has 0 aromatic heterocycles. The van der Waals surface area contributed by atoms with E-state index >= 15 is 0 Å². The number of hydrogen-bond donors (Lipinski definition) is 0. The van der Waals surface area contributed by atoms with Crippen LogP contribution in [0.15, 0.2) is 18.2 Å². The number of halogens is 1. The first-order valence-corrected chi connectivity index (χ1v) is 5.67. The van der Waals surface area contributed by atoms with Crippen LogP contribution >= 0.6 is 0 Å². The summed E-state index contributed by atoms with van der Waals surface area (Å²) in [5.41, 5.74) is 0.775. The summed E-state index contributed by atoms with van der Waals surface area (Å²) in [7, 11) is 0. The number of hydrogen-bond acceptors (Lipinski definition) is 2. The SMILES string of the molecule is CCN(Cc1cccc(C#N)c1F)C1CC1. The quantitative estimate of drug-likeness (QED) is 0.777. The molecule has 0 amide bonds. The summed E-state index contributed by atoms with van der Waals surface area (Å²) < 4.78 is 13.8. The summed E-state index contributed by atoms with van der Waals surface area (Å²) in [4.78, 5) is 2.26. The van der Waals surface area contributed by atoms with Gasteiger partial charge in [-0.3, -0.25) is 4.90 Å². The monoisotopic (exact) mass is 218 g/mol. The predicted molar refractivity (Wildman–Crippen MR) is 60.2 cm³/mol. The van der Waals surface area contributed by atoms with Crippen molar-refractivity contribution < 1.29 is 4.39 Å². The topological polar surface area (TPSA) is 27.0 Å². The highest BCUT2D eigenvalue weighted by Gasteiger charge is 2.28. The van der Waals surface area contributed by atoms with Gasteiger partial charge in [0.25, 0.3) is 0 Å². The molecule has 1 fully saturated rings. The van der Waals surface area contributed by atoms with Gasteiger partial charge in [0.2, 0.25) is 0 Å². The Balaban J connectivity index is 2.17. The number of nitriles is 1. The molecule has 0 heterocycles. The highest BCUT2D eigenvalue weighted by molar-refractivity contribution is 5.34. The normalized spacial score (nSPS) is 15.1. The summed E-state index contributed by atoms with van der Waals surface area (Å²) in [5.74, 6) is -0.357. The van der Waals surface area contributed by atoms with E-state index in [0.29, 0.717) is 18.2 Å². The molecular formula is C13H15FN2. The standard InChI is InChI=1S/C13H15FN2/c1-2-16(12-6-7-12)9-11-5-3-4-10(8-15)13(11)14/h3-5,12H,2,6-7,9H2,1H3. The van der Waals surface area contributed by atoms with Gasteiger partial charge in [0.15, 0.2) is 0 Å². The highest BCUT2D eigenvalue weighted by Crippen LogP contribution is 2.28. The van der Waals surface area contributed by atoms with Crippen molar-refractivity contribution in [3.63, 3.8) is 0 Å². The lowest BCUT2D eigenvalue weighted by Gasteiger charge is -2.20. The van der Waals surface area contributed by atoms with Gasteiger partial charge in [0, 0.05) is 18.2 Å². The van der Waals surface area contributed by atoms with Crippen molar-refractivity contribution in [1.82, 2.24) is 4.90 Å². The lowest BCUT2D eigenvalue weighted by molar-refractivity contribution is 0.265. The Morgan fingerprint density at radius 2 is 2.25 bits per heavy atom. The van der Waals surface area contributed by atoms with E-state index in [-0.39, 0.29) is 11.4 Å². The number of benzene rings is 1. The van der Waals surface area contributed by atoms with E-state index < -0.39 is 0 Å². The minimum atomic E-state index is -0.357. The third-order valence-corrected chi connectivity index (χ3v) is 3.04. The largest absolute Gasteiger partial charge is 0.296 e. The summed E-state index contributed by atoms with van der Waals surface area (Å²) in [6.45, 7) is 3.63. The average molecular weight is 218 g/mol. The molecule has 1 aromatic rings. The second-order valence-corrected chi connectivity index (χ2v) is 4.18. The summed E-state index contributed by atoms with van der Waals surface area (Å²) >= 11 is 0. The van der Waals surface area contributed by atoms with Gasteiger partial charge < -0.3 is 0 Å². The fraction of sp³-hybridized carbons (Fsp3) is 0.462. The van der Waals surface area contributed by atoms with E-state index in [0.717, 1.165) is 6.54 Å². The molecule has 0 unspecified atom stereocenters. The van der Waals surface area contributed by atoms with E-state index in [4.69, 9.17) is 5.26 Å². The molecule has 1 aliphatic rings. The summed E-state index contributed by atoms with van der Waals surface area (Å²) in [6.07, 6.45) is 2.43. The Bertz CT molecular complexity index is 418. The Labute approximate surface area is 95.3 Å². The molecule has 1 aliphatic carbocycles. The van der Waals surface area contributed by atoms with Crippen LogP contribution in [0, 0.1) is 17.1 Å². The van der Waals surface area contributed by atoms with Crippen LogP contribution in [0.5, 0.6) is 0 Å². The number of nitrogens with zero attached hydrogens (tertiary/aromatic N) is 2. The summed E-state index contributed by atoms with van der Waals surface area (Å²) in [5, 5.41) is 8.75. The van der Waals surface area contributed by atoms with Crippen LogP contribution in [-0.2, 0) is 6.54 Å². The fourth-order valence-corrected chi connectivity index (χ4v) is 1.95. The van der Waals surface area contributed by atoms with Crippen LogP contribution < -0.4 is 0 Å². The van der Waals surface area contributed by atoms with Crippen molar-refractivity contribution in [2.45, 2.75) is 32.4 Å². The molecule has 84 valence electrons. The molecule has 2 rings (SSSR count). The third-order valence-electron chi connectivity index (χ3n) is 3.04. The van der Waals surface area contributed by atoms with Crippen molar-refractivity contribution in [3.8, 4) is 6.07 Å². The summed E-state index contributed by atoms with van der Waals surface area (Å²) in [6, 6.07) is 7.53. The van der Waals surface area contributed by atoms with Crippen LogP contribution in [0.2, 0.25) is 0 Å². The Morgan fingerprint density at radius 1 is 1.50 bits per heavy atom. The Hall–Kier alpha value is -1.40. The molecule has 0 atom stereocenters. The fourth-order valence-electron chi connectivity index (χ4n) is 1.95. The Kier molecular flexibility index (Phi) is 3.21.